The Labute approximate surface area is 154 Å². The summed E-state index contributed by atoms with van der Waals surface area (Å²) in [4.78, 5) is 0. The van der Waals surface area contributed by atoms with E-state index in [0.717, 1.165) is 5.56 Å². The van der Waals surface area contributed by atoms with E-state index < -0.39 is 30.9 Å². The van der Waals surface area contributed by atoms with Crippen LogP contribution in [0.2, 0.25) is 0 Å². The predicted octanol–water partition coefficient (Wildman–Crippen LogP) is 0.404. The summed E-state index contributed by atoms with van der Waals surface area (Å²) in [5, 5.41) is 57.8. The maximum Gasteiger partial charge on any atom is 0.231 e. The monoisotopic (exact) mass is 376 g/mol. The molecule has 0 bridgehead atoms. The Morgan fingerprint density at radius 2 is 1.41 bits per heavy atom. The molecule has 0 saturated carbocycles. The second kappa shape index (κ2) is 7.95. The van der Waals surface area contributed by atoms with Gasteiger partial charge in [-0.1, -0.05) is 24.3 Å². The fraction of sp³-hybridized carbons (Fsp3) is 0.263. The first kappa shape index (κ1) is 19.2. The Morgan fingerprint density at radius 3 is 2.11 bits per heavy atom. The van der Waals surface area contributed by atoms with Gasteiger partial charge in [-0.2, -0.15) is 0 Å². The Balaban J connectivity index is 1.76. The first-order valence-corrected chi connectivity index (χ1v) is 8.19. The summed E-state index contributed by atoms with van der Waals surface area (Å²) in [6, 6.07) is 10.8. The van der Waals surface area contributed by atoms with E-state index in [1.807, 2.05) is 0 Å². The highest BCUT2D eigenvalue weighted by atomic mass is 16.7. The molecule has 1 heterocycles. The molecule has 0 spiro atoms. The molecule has 144 valence electrons. The van der Waals surface area contributed by atoms with E-state index in [9.17, 15) is 30.6 Å². The predicted molar refractivity (Wildman–Crippen MR) is 94.7 cm³/mol. The molecule has 2 aromatic rings. The number of phenolic OH excluding ortho intramolecular Hbond substituents is 2. The van der Waals surface area contributed by atoms with Gasteiger partial charge in [0.1, 0.15) is 35.6 Å². The lowest BCUT2D eigenvalue weighted by Crippen LogP contribution is -2.59. The topological polar surface area (TPSA) is 140 Å². The molecule has 1 aliphatic rings. The van der Waals surface area contributed by atoms with Gasteiger partial charge in [0.15, 0.2) is 6.29 Å². The standard InChI is InChI=1S/C19H20O8/c20-12-5-3-10(4-6-12)1-2-11-7-13(21)9-14(8-11)26-19-17(24)15(22)16(23)18(25)27-19/h1-9,15-25H/t15-,16-,17+,18-,19-/m0/s1. The lowest BCUT2D eigenvalue weighted by Gasteiger charge is -2.37. The van der Waals surface area contributed by atoms with Gasteiger partial charge in [0.05, 0.1) is 0 Å². The molecule has 0 unspecified atom stereocenters. The molecular weight excluding hydrogens is 356 g/mol. The van der Waals surface area contributed by atoms with Crippen LogP contribution in [0.25, 0.3) is 12.2 Å². The number of hydrogen-bond acceptors (Lipinski definition) is 8. The van der Waals surface area contributed by atoms with Crippen molar-refractivity contribution in [3.8, 4) is 17.2 Å². The van der Waals surface area contributed by atoms with Crippen molar-refractivity contribution >= 4 is 12.2 Å². The van der Waals surface area contributed by atoms with Crippen LogP contribution in [-0.4, -0.2) is 61.5 Å². The SMILES string of the molecule is Oc1ccc(C=Cc2cc(O)cc(O[C@H]3O[C@H](O)[C@@H](O)[C@H](O)[C@H]3O)c2)cc1. The maximum absolute atomic E-state index is 9.93. The minimum Gasteiger partial charge on any atom is -0.508 e. The number of rotatable bonds is 4. The molecular formula is C19H20O8. The molecule has 1 saturated heterocycles. The molecule has 2 aromatic carbocycles. The van der Waals surface area contributed by atoms with Gasteiger partial charge >= 0.3 is 0 Å². The van der Waals surface area contributed by atoms with E-state index in [-0.39, 0.29) is 17.2 Å². The van der Waals surface area contributed by atoms with Crippen LogP contribution in [0.15, 0.2) is 42.5 Å². The van der Waals surface area contributed by atoms with Gasteiger partial charge < -0.3 is 40.1 Å². The number of ether oxygens (including phenoxy) is 2. The van der Waals surface area contributed by atoms with Gasteiger partial charge in [0.25, 0.3) is 0 Å². The molecule has 1 fully saturated rings. The second-order valence-corrected chi connectivity index (χ2v) is 6.17. The third-order valence-electron chi connectivity index (χ3n) is 4.07. The first-order chi connectivity index (χ1) is 12.8. The average molecular weight is 376 g/mol. The van der Waals surface area contributed by atoms with Gasteiger partial charge in [0.2, 0.25) is 6.29 Å². The van der Waals surface area contributed by atoms with E-state index >= 15 is 0 Å². The third kappa shape index (κ3) is 4.57. The van der Waals surface area contributed by atoms with Crippen molar-refractivity contribution in [3.05, 3.63) is 53.6 Å². The van der Waals surface area contributed by atoms with Crippen molar-refractivity contribution in [2.45, 2.75) is 30.9 Å². The van der Waals surface area contributed by atoms with Gasteiger partial charge in [-0.3, -0.25) is 0 Å². The second-order valence-electron chi connectivity index (χ2n) is 6.17. The van der Waals surface area contributed by atoms with Crippen LogP contribution in [0, 0.1) is 0 Å². The van der Waals surface area contributed by atoms with Crippen LogP contribution in [0.1, 0.15) is 11.1 Å². The summed E-state index contributed by atoms with van der Waals surface area (Å²) in [6.45, 7) is 0. The fourth-order valence-electron chi connectivity index (χ4n) is 2.61. The molecule has 8 nitrogen and oxygen atoms in total. The van der Waals surface area contributed by atoms with Crippen LogP contribution in [0.3, 0.4) is 0 Å². The minimum absolute atomic E-state index is 0.107. The van der Waals surface area contributed by atoms with Gasteiger partial charge in [-0.05, 0) is 35.4 Å². The number of aromatic hydroxyl groups is 2. The zero-order chi connectivity index (χ0) is 19.6. The van der Waals surface area contributed by atoms with Crippen molar-refractivity contribution < 1.29 is 40.1 Å². The molecule has 3 rings (SSSR count). The molecule has 27 heavy (non-hydrogen) atoms. The van der Waals surface area contributed by atoms with E-state index in [4.69, 9.17) is 9.47 Å². The number of benzene rings is 2. The van der Waals surface area contributed by atoms with Crippen LogP contribution in [-0.2, 0) is 4.74 Å². The Hall–Kier alpha value is -2.62. The summed E-state index contributed by atoms with van der Waals surface area (Å²) in [5.74, 6) is 0.171. The highest BCUT2D eigenvalue weighted by Gasteiger charge is 2.44. The molecule has 8 heteroatoms. The maximum atomic E-state index is 9.93. The summed E-state index contributed by atoms with van der Waals surface area (Å²) >= 11 is 0. The van der Waals surface area contributed by atoms with Crippen molar-refractivity contribution in [3.63, 3.8) is 0 Å². The number of aliphatic hydroxyl groups excluding tert-OH is 4. The van der Waals surface area contributed by atoms with Crippen LogP contribution in [0.4, 0.5) is 0 Å². The quantitative estimate of drug-likeness (QED) is 0.422. The highest BCUT2D eigenvalue weighted by Crippen LogP contribution is 2.28. The summed E-state index contributed by atoms with van der Waals surface area (Å²) in [5.41, 5.74) is 1.40. The first-order valence-electron chi connectivity index (χ1n) is 8.19. The van der Waals surface area contributed by atoms with E-state index in [2.05, 4.69) is 0 Å². The molecule has 6 N–H and O–H groups in total. The summed E-state index contributed by atoms with van der Waals surface area (Å²) in [6.07, 6.45) is -4.61. The van der Waals surface area contributed by atoms with Crippen molar-refractivity contribution in [2.24, 2.45) is 0 Å². The van der Waals surface area contributed by atoms with E-state index in [1.54, 1.807) is 42.5 Å². The van der Waals surface area contributed by atoms with Gasteiger partial charge in [-0.15, -0.1) is 0 Å². The lowest BCUT2D eigenvalue weighted by atomic mass is 10.0. The number of aliphatic hydroxyl groups is 4. The van der Waals surface area contributed by atoms with E-state index in [1.165, 1.54) is 12.1 Å². The van der Waals surface area contributed by atoms with Gasteiger partial charge in [-0.25, -0.2) is 0 Å². The smallest absolute Gasteiger partial charge is 0.231 e. The zero-order valence-electron chi connectivity index (χ0n) is 14.1. The largest absolute Gasteiger partial charge is 0.508 e. The highest BCUT2D eigenvalue weighted by molar-refractivity contribution is 5.71. The van der Waals surface area contributed by atoms with Crippen molar-refractivity contribution in [1.82, 2.24) is 0 Å². The summed E-state index contributed by atoms with van der Waals surface area (Å²) < 4.78 is 10.4. The number of hydrogen-bond donors (Lipinski definition) is 6. The van der Waals surface area contributed by atoms with Crippen molar-refractivity contribution in [1.29, 1.82) is 0 Å². The molecule has 1 aliphatic heterocycles. The normalized spacial score (nSPS) is 28.4. The molecule has 0 aliphatic carbocycles. The molecule has 0 aromatic heterocycles. The van der Waals surface area contributed by atoms with Crippen LogP contribution >= 0.6 is 0 Å². The average Bonchev–Trinajstić information content (AvgIpc) is 2.63. The molecule has 0 amide bonds. The summed E-state index contributed by atoms with van der Waals surface area (Å²) in [7, 11) is 0. The Bertz CT molecular complexity index is 804. The fourth-order valence-corrected chi connectivity index (χ4v) is 2.61. The number of phenols is 2. The lowest BCUT2D eigenvalue weighted by molar-refractivity contribution is -0.321. The van der Waals surface area contributed by atoms with E-state index in [0.29, 0.717) is 5.56 Å². The Morgan fingerprint density at radius 1 is 0.741 bits per heavy atom. The zero-order valence-corrected chi connectivity index (χ0v) is 14.1. The molecule has 0 radical (unpaired) electrons. The van der Waals surface area contributed by atoms with Crippen LogP contribution < -0.4 is 4.74 Å². The Kier molecular flexibility index (Phi) is 5.64. The molecule has 5 atom stereocenters. The minimum atomic E-state index is -1.72. The third-order valence-corrected chi connectivity index (χ3v) is 4.07. The van der Waals surface area contributed by atoms with Crippen LogP contribution in [0.5, 0.6) is 17.2 Å². The van der Waals surface area contributed by atoms with Gasteiger partial charge in [0, 0.05) is 6.07 Å². The van der Waals surface area contributed by atoms with Crippen molar-refractivity contribution in [2.75, 3.05) is 0 Å².